The predicted molar refractivity (Wildman–Crippen MR) is 107 cm³/mol. The predicted octanol–water partition coefficient (Wildman–Crippen LogP) is 5.54. The number of benzene rings is 2. The van der Waals surface area contributed by atoms with Crippen LogP contribution in [0.15, 0.2) is 47.4 Å². The zero-order chi connectivity index (χ0) is 20.6. The van der Waals surface area contributed by atoms with Crippen LogP contribution in [0.3, 0.4) is 0 Å². The van der Waals surface area contributed by atoms with E-state index in [9.17, 15) is 23.1 Å². The molecule has 152 valence electrons. The Labute approximate surface area is 165 Å². The van der Waals surface area contributed by atoms with Gasteiger partial charge in [-0.25, -0.2) is 0 Å². The molecule has 0 unspecified atom stereocenters. The monoisotopic (exact) mass is 407 g/mol. The van der Waals surface area contributed by atoms with Crippen LogP contribution in [-0.4, -0.2) is 17.9 Å². The Morgan fingerprint density at radius 2 is 1.64 bits per heavy atom. The van der Waals surface area contributed by atoms with E-state index in [0.29, 0.717) is 6.42 Å². The van der Waals surface area contributed by atoms with Gasteiger partial charge in [0.2, 0.25) is 0 Å². The van der Waals surface area contributed by atoms with Gasteiger partial charge in [0, 0.05) is 12.1 Å². The number of rotatable bonds is 11. The van der Waals surface area contributed by atoms with Crippen molar-refractivity contribution in [1.29, 1.82) is 0 Å². The molecule has 0 saturated heterocycles. The van der Waals surface area contributed by atoms with Crippen molar-refractivity contribution in [2.45, 2.75) is 56.8 Å². The zero-order valence-corrected chi connectivity index (χ0v) is 16.7. The minimum absolute atomic E-state index is 0.0250. The number of nitro benzene ring substituents is 1. The molecule has 0 aliphatic carbocycles. The van der Waals surface area contributed by atoms with E-state index in [4.69, 9.17) is 4.74 Å². The summed E-state index contributed by atoms with van der Waals surface area (Å²) in [6, 6.07) is 9.94. The van der Waals surface area contributed by atoms with Crippen LogP contribution in [0.1, 0.15) is 51.0 Å². The standard InChI is InChI=1S/C20H25NO6S/c1-2-3-4-5-6-7-8-16-9-14-19(20(15-16)28(24,25)26)27-18-12-10-17(11-13-18)21(22)23/h9-15H,2-8H2,1H3,(H,24,25,26). The van der Waals surface area contributed by atoms with Crippen molar-refractivity contribution >= 4 is 15.8 Å². The fourth-order valence-electron chi connectivity index (χ4n) is 2.87. The average molecular weight is 407 g/mol. The lowest BCUT2D eigenvalue weighted by Gasteiger charge is -2.11. The van der Waals surface area contributed by atoms with Gasteiger partial charge in [0.25, 0.3) is 15.8 Å². The molecule has 8 heteroatoms. The van der Waals surface area contributed by atoms with Gasteiger partial charge in [0.1, 0.15) is 16.4 Å². The smallest absolute Gasteiger partial charge is 0.298 e. The van der Waals surface area contributed by atoms with Gasteiger partial charge in [-0.05, 0) is 42.7 Å². The lowest BCUT2D eigenvalue weighted by Crippen LogP contribution is -2.02. The summed E-state index contributed by atoms with van der Waals surface area (Å²) in [7, 11) is -4.47. The molecule has 2 rings (SSSR count). The number of ether oxygens (including phenoxy) is 1. The summed E-state index contributed by atoms with van der Waals surface area (Å²) in [5.74, 6) is 0.210. The molecular weight excluding hydrogens is 382 g/mol. The van der Waals surface area contributed by atoms with Gasteiger partial charge >= 0.3 is 0 Å². The molecule has 2 aromatic carbocycles. The van der Waals surface area contributed by atoms with Gasteiger partial charge < -0.3 is 4.74 Å². The third-order valence-corrected chi connectivity index (χ3v) is 5.26. The highest BCUT2D eigenvalue weighted by molar-refractivity contribution is 7.86. The van der Waals surface area contributed by atoms with E-state index in [1.165, 1.54) is 55.7 Å². The maximum atomic E-state index is 11.8. The molecule has 0 aliphatic rings. The molecule has 0 bridgehead atoms. The first kappa shape index (κ1) is 21.8. The molecule has 0 fully saturated rings. The number of hydrogen-bond acceptors (Lipinski definition) is 5. The topological polar surface area (TPSA) is 107 Å². The van der Waals surface area contributed by atoms with E-state index in [1.54, 1.807) is 6.07 Å². The molecule has 0 heterocycles. The number of nitro groups is 1. The van der Waals surface area contributed by atoms with E-state index in [1.807, 2.05) is 0 Å². The summed E-state index contributed by atoms with van der Waals surface area (Å²) in [4.78, 5) is 9.86. The van der Waals surface area contributed by atoms with Crippen LogP contribution in [0.25, 0.3) is 0 Å². The second-order valence-corrected chi connectivity index (χ2v) is 8.02. The van der Waals surface area contributed by atoms with Crippen molar-refractivity contribution in [2.24, 2.45) is 0 Å². The molecule has 0 spiro atoms. The van der Waals surface area contributed by atoms with Crippen LogP contribution < -0.4 is 4.74 Å². The Hall–Kier alpha value is -2.45. The van der Waals surface area contributed by atoms with E-state index in [2.05, 4.69) is 6.92 Å². The van der Waals surface area contributed by atoms with Crippen molar-refractivity contribution in [3.63, 3.8) is 0 Å². The lowest BCUT2D eigenvalue weighted by atomic mass is 10.0. The number of hydrogen-bond donors (Lipinski definition) is 1. The van der Waals surface area contributed by atoms with Crippen LogP contribution in [0, 0.1) is 10.1 Å². The minimum Gasteiger partial charge on any atom is -0.456 e. The SMILES string of the molecule is CCCCCCCCc1ccc(Oc2ccc([N+](=O)[O-])cc2)c(S(=O)(=O)O)c1. The summed E-state index contributed by atoms with van der Waals surface area (Å²) < 4.78 is 38.6. The Morgan fingerprint density at radius 3 is 2.25 bits per heavy atom. The largest absolute Gasteiger partial charge is 0.456 e. The highest BCUT2D eigenvalue weighted by atomic mass is 32.2. The second kappa shape index (κ2) is 10.2. The minimum atomic E-state index is -4.47. The van der Waals surface area contributed by atoms with Gasteiger partial charge in [-0.2, -0.15) is 8.42 Å². The number of unbranched alkanes of at least 4 members (excludes halogenated alkanes) is 5. The molecule has 0 radical (unpaired) electrons. The molecule has 0 atom stereocenters. The summed E-state index contributed by atoms with van der Waals surface area (Å²) >= 11 is 0. The zero-order valence-electron chi connectivity index (χ0n) is 15.8. The molecule has 1 N–H and O–H groups in total. The third kappa shape index (κ3) is 6.61. The van der Waals surface area contributed by atoms with Crippen molar-refractivity contribution in [1.82, 2.24) is 0 Å². The van der Waals surface area contributed by atoms with Crippen LogP contribution in [0.2, 0.25) is 0 Å². The van der Waals surface area contributed by atoms with Crippen molar-refractivity contribution in [3.05, 3.63) is 58.1 Å². The average Bonchev–Trinajstić information content (AvgIpc) is 2.65. The van der Waals surface area contributed by atoms with Gasteiger partial charge in [0.05, 0.1) is 4.92 Å². The molecule has 0 aliphatic heterocycles. The summed E-state index contributed by atoms with van der Waals surface area (Å²) in [5.41, 5.74) is 0.704. The Kier molecular flexibility index (Phi) is 7.95. The van der Waals surface area contributed by atoms with Crippen LogP contribution in [0.5, 0.6) is 11.5 Å². The highest BCUT2D eigenvalue weighted by Crippen LogP contribution is 2.31. The Balaban J connectivity index is 2.10. The van der Waals surface area contributed by atoms with Crippen LogP contribution in [-0.2, 0) is 16.5 Å². The van der Waals surface area contributed by atoms with Gasteiger partial charge in [-0.3, -0.25) is 14.7 Å². The van der Waals surface area contributed by atoms with Gasteiger partial charge in [-0.15, -0.1) is 0 Å². The van der Waals surface area contributed by atoms with Crippen molar-refractivity contribution in [3.8, 4) is 11.5 Å². The molecule has 0 amide bonds. The van der Waals surface area contributed by atoms with Crippen LogP contribution in [0.4, 0.5) is 5.69 Å². The molecule has 2 aromatic rings. The Morgan fingerprint density at radius 1 is 1.00 bits per heavy atom. The summed E-state index contributed by atoms with van der Waals surface area (Å²) in [6.45, 7) is 2.16. The molecular formula is C20H25NO6S. The fraction of sp³-hybridized carbons (Fsp3) is 0.400. The number of nitrogens with zero attached hydrogens (tertiary/aromatic N) is 1. The highest BCUT2D eigenvalue weighted by Gasteiger charge is 2.18. The normalized spacial score (nSPS) is 11.4. The van der Waals surface area contributed by atoms with E-state index in [0.717, 1.165) is 24.8 Å². The van der Waals surface area contributed by atoms with Crippen molar-refractivity contribution < 1.29 is 22.6 Å². The van der Waals surface area contributed by atoms with E-state index in [-0.39, 0.29) is 22.1 Å². The van der Waals surface area contributed by atoms with E-state index >= 15 is 0 Å². The maximum Gasteiger partial charge on any atom is 0.298 e. The number of non-ortho nitro benzene ring substituents is 1. The van der Waals surface area contributed by atoms with Crippen molar-refractivity contribution in [2.75, 3.05) is 0 Å². The van der Waals surface area contributed by atoms with Crippen LogP contribution >= 0.6 is 0 Å². The molecule has 28 heavy (non-hydrogen) atoms. The van der Waals surface area contributed by atoms with E-state index < -0.39 is 15.0 Å². The third-order valence-electron chi connectivity index (χ3n) is 4.38. The first-order valence-corrected chi connectivity index (χ1v) is 10.8. The Bertz CT molecular complexity index is 893. The second-order valence-electron chi connectivity index (χ2n) is 6.63. The molecule has 7 nitrogen and oxygen atoms in total. The fourth-order valence-corrected chi connectivity index (χ4v) is 3.53. The lowest BCUT2D eigenvalue weighted by molar-refractivity contribution is -0.384. The number of aryl methyl sites for hydroxylation is 1. The summed E-state index contributed by atoms with van der Waals surface area (Å²) in [6.07, 6.45) is 7.50. The summed E-state index contributed by atoms with van der Waals surface area (Å²) in [5, 5.41) is 10.7. The first-order chi connectivity index (χ1) is 13.3. The quantitative estimate of drug-likeness (QED) is 0.227. The van der Waals surface area contributed by atoms with Gasteiger partial charge in [-0.1, -0.05) is 45.1 Å². The maximum absolute atomic E-state index is 11.8. The first-order valence-electron chi connectivity index (χ1n) is 9.34. The van der Waals surface area contributed by atoms with Gasteiger partial charge in [0.15, 0.2) is 0 Å². The molecule has 0 aromatic heterocycles. The molecule has 0 saturated carbocycles.